The van der Waals surface area contributed by atoms with Crippen molar-refractivity contribution in [1.82, 2.24) is 5.32 Å². The van der Waals surface area contributed by atoms with Crippen LogP contribution in [0.5, 0.6) is 0 Å². The summed E-state index contributed by atoms with van der Waals surface area (Å²) in [5.74, 6) is -0.492. The van der Waals surface area contributed by atoms with Gasteiger partial charge in [-0.05, 0) is 31.7 Å². The Morgan fingerprint density at radius 3 is 2.62 bits per heavy atom. The summed E-state index contributed by atoms with van der Waals surface area (Å²) in [5.41, 5.74) is -0.302. The van der Waals surface area contributed by atoms with E-state index >= 15 is 0 Å². The Hall–Kier alpha value is -1.38. The molecule has 1 aromatic rings. The van der Waals surface area contributed by atoms with Crippen LogP contribution in [0.3, 0.4) is 0 Å². The number of rotatable bonds is 1. The first-order valence-corrected chi connectivity index (χ1v) is 5.67. The zero-order valence-corrected chi connectivity index (χ0v) is 9.42. The number of hydrogen-bond acceptors (Lipinski definition) is 1. The van der Waals surface area contributed by atoms with E-state index in [2.05, 4.69) is 5.32 Å². The summed E-state index contributed by atoms with van der Waals surface area (Å²) in [7, 11) is 0. The molecule has 1 aromatic carbocycles. The Labute approximate surface area is 94.9 Å². The largest absolute Gasteiger partial charge is 0.353 e. The second-order valence-electron chi connectivity index (χ2n) is 4.38. The Morgan fingerprint density at radius 1 is 1.25 bits per heavy atom. The molecular formula is C13H16FNO. The van der Waals surface area contributed by atoms with Gasteiger partial charge in [-0.15, -0.1) is 0 Å². The summed E-state index contributed by atoms with van der Waals surface area (Å²) in [5, 5.41) is 2.63. The molecule has 0 radical (unpaired) electrons. The quantitative estimate of drug-likeness (QED) is 0.775. The summed E-state index contributed by atoms with van der Waals surface area (Å²) in [6.45, 7) is 2.53. The average molecular weight is 221 g/mol. The van der Waals surface area contributed by atoms with E-state index in [4.69, 9.17) is 0 Å². The monoisotopic (exact) mass is 221 g/mol. The molecule has 1 aliphatic rings. The number of hydrogen-bond donors (Lipinski definition) is 1. The summed E-state index contributed by atoms with van der Waals surface area (Å²) in [4.78, 5) is 11.7. The smallest absolute Gasteiger partial charge is 0.262 e. The lowest BCUT2D eigenvalue weighted by atomic mass is 9.90. The van der Waals surface area contributed by atoms with Crippen LogP contribution in [0, 0.1) is 6.92 Å². The van der Waals surface area contributed by atoms with Crippen molar-refractivity contribution in [2.24, 2.45) is 0 Å². The molecule has 1 heterocycles. The third-order valence-electron chi connectivity index (χ3n) is 3.10. The molecule has 1 amide bonds. The molecule has 1 aliphatic heterocycles. The van der Waals surface area contributed by atoms with Gasteiger partial charge in [-0.3, -0.25) is 4.79 Å². The Balaban J connectivity index is 2.34. The lowest BCUT2D eigenvalue weighted by Crippen LogP contribution is -2.39. The number of aryl methyl sites for hydroxylation is 1. The highest BCUT2D eigenvalue weighted by atomic mass is 19.1. The van der Waals surface area contributed by atoms with E-state index in [1.165, 1.54) is 0 Å². The normalized spacial score (nSPS) is 26.0. The third-order valence-corrected chi connectivity index (χ3v) is 3.10. The average Bonchev–Trinajstić information content (AvgIpc) is 2.44. The van der Waals surface area contributed by atoms with Crippen molar-refractivity contribution in [1.29, 1.82) is 0 Å². The van der Waals surface area contributed by atoms with Gasteiger partial charge in [0.05, 0.1) is 0 Å². The second kappa shape index (κ2) is 4.24. The molecule has 0 aliphatic carbocycles. The highest BCUT2D eigenvalue weighted by molar-refractivity contribution is 5.86. The Kier molecular flexibility index (Phi) is 2.95. The van der Waals surface area contributed by atoms with Gasteiger partial charge in [-0.1, -0.05) is 29.8 Å². The van der Waals surface area contributed by atoms with Gasteiger partial charge in [0.2, 0.25) is 5.67 Å². The van der Waals surface area contributed by atoms with Crippen LogP contribution in [0.25, 0.3) is 0 Å². The van der Waals surface area contributed by atoms with Crippen molar-refractivity contribution in [3.63, 3.8) is 0 Å². The predicted octanol–water partition coefficient (Wildman–Crippen LogP) is 2.46. The van der Waals surface area contributed by atoms with Crippen molar-refractivity contribution in [3.05, 3.63) is 35.4 Å². The maximum atomic E-state index is 14.7. The van der Waals surface area contributed by atoms with Gasteiger partial charge >= 0.3 is 0 Å². The van der Waals surface area contributed by atoms with E-state index in [9.17, 15) is 9.18 Å². The molecule has 1 saturated heterocycles. The molecule has 0 aromatic heterocycles. The molecule has 86 valence electrons. The lowest BCUT2D eigenvalue weighted by Gasteiger charge is -2.22. The number of benzene rings is 1. The molecular weight excluding hydrogens is 205 g/mol. The fourth-order valence-corrected chi connectivity index (χ4v) is 2.04. The third kappa shape index (κ3) is 1.94. The standard InChI is InChI=1S/C13H16FNO/c1-10-4-6-11(7-5-10)13(14)8-2-3-9-15-12(13)16/h4-7H,2-3,8-9H2,1H3,(H,15,16). The van der Waals surface area contributed by atoms with Crippen LogP contribution in [-0.4, -0.2) is 12.5 Å². The van der Waals surface area contributed by atoms with Crippen LogP contribution in [0.1, 0.15) is 30.4 Å². The SMILES string of the molecule is Cc1ccc(C2(F)CCCCNC2=O)cc1. The fourth-order valence-electron chi connectivity index (χ4n) is 2.04. The van der Waals surface area contributed by atoms with E-state index in [1.807, 2.05) is 19.1 Å². The van der Waals surface area contributed by atoms with Gasteiger partial charge in [0.15, 0.2) is 0 Å². The van der Waals surface area contributed by atoms with Crippen LogP contribution in [0.15, 0.2) is 24.3 Å². The highest BCUT2D eigenvalue weighted by Crippen LogP contribution is 2.33. The van der Waals surface area contributed by atoms with Gasteiger partial charge < -0.3 is 5.32 Å². The molecule has 0 saturated carbocycles. The van der Waals surface area contributed by atoms with Crippen molar-refractivity contribution in [2.45, 2.75) is 31.9 Å². The van der Waals surface area contributed by atoms with Gasteiger partial charge in [0.1, 0.15) is 0 Å². The number of carbonyl (C=O) groups excluding carboxylic acids is 1. The van der Waals surface area contributed by atoms with Crippen molar-refractivity contribution in [2.75, 3.05) is 6.54 Å². The zero-order chi connectivity index (χ0) is 11.6. The summed E-state index contributed by atoms with van der Waals surface area (Å²) >= 11 is 0. The van der Waals surface area contributed by atoms with Crippen molar-refractivity contribution < 1.29 is 9.18 Å². The summed E-state index contributed by atoms with van der Waals surface area (Å²) < 4.78 is 14.7. The lowest BCUT2D eigenvalue weighted by molar-refractivity contribution is -0.133. The first-order valence-electron chi connectivity index (χ1n) is 5.67. The molecule has 1 fully saturated rings. The van der Waals surface area contributed by atoms with E-state index in [0.29, 0.717) is 12.1 Å². The maximum absolute atomic E-state index is 14.7. The van der Waals surface area contributed by atoms with Crippen LogP contribution in [-0.2, 0) is 10.5 Å². The van der Waals surface area contributed by atoms with Crippen LogP contribution >= 0.6 is 0 Å². The van der Waals surface area contributed by atoms with Crippen molar-refractivity contribution in [3.8, 4) is 0 Å². The van der Waals surface area contributed by atoms with E-state index in [0.717, 1.165) is 18.4 Å². The van der Waals surface area contributed by atoms with Crippen LogP contribution in [0.4, 0.5) is 4.39 Å². The zero-order valence-electron chi connectivity index (χ0n) is 9.42. The molecule has 1 N–H and O–H groups in total. The Bertz CT molecular complexity index is 387. The molecule has 1 unspecified atom stereocenters. The molecule has 2 nitrogen and oxygen atoms in total. The minimum Gasteiger partial charge on any atom is -0.353 e. The van der Waals surface area contributed by atoms with E-state index in [1.54, 1.807) is 12.1 Å². The Morgan fingerprint density at radius 2 is 1.94 bits per heavy atom. The first-order chi connectivity index (χ1) is 7.63. The number of carbonyl (C=O) groups is 1. The van der Waals surface area contributed by atoms with Gasteiger partial charge in [0.25, 0.3) is 5.91 Å². The number of nitrogens with one attached hydrogen (secondary N) is 1. The van der Waals surface area contributed by atoms with Crippen LogP contribution < -0.4 is 5.32 Å². The number of amides is 1. The number of halogens is 1. The van der Waals surface area contributed by atoms with Crippen LogP contribution in [0.2, 0.25) is 0 Å². The van der Waals surface area contributed by atoms with Gasteiger partial charge in [-0.25, -0.2) is 4.39 Å². The molecule has 0 bridgehead atoms. The molecule has 3 heteroatoms. The maximum Gasteiger partial charge on any atom is 0.262 e. The molecule has 16 heavy (non-hydrogen) atoms. The summed E-state index contributed by atoms with van der Waals surface area (Å²) in [6.07, 6.45) is 1.87. The minimum absolute atomic E-state index is 0.280. The minimum atomic E-state index is -1.84. The first kappa shape index (κ1) is 11.1. The van der Waals surface area contributed by atoms with Gasteiger partial charge in [-0.2, -0.15) is 0 Å². The topological polar surface area (TPSA) is 29.1 Å². The van der Waals surface area contributed by atoms with Crippen molar-refractivity contribution >= 4 is 5.91 Å². The molecule has 1 atom stereocenters. The van der Waals surface area contributed by atoms with E-state index < -0.39 is 11.6 Å². The second-order valence-corrected chi connectivity index (χ2v) is 4.38. The number of alkyl halides is 1. The highest BCUT2D eigenvalue weighted by Gasteiger charge is 2.40. The predicted molar refractivity (Wildman–Crippen MR) is 60.8 cm³/mol. The fraction of sp³-hybridized carbons (Fsp3) is 0.462. The molecule has 2 rings (SSSR count). The van der Waals surface area contributed by atoms with E-state index in [-0.39, 0.29) is 6.42 Å². The summed E-state index contributed by atoms with van der Waals surface area (Å²) in [6, 6.07) is 7.10. The molecule has 0 spiro atoms. The van der Waals surface area contributed by atoms with Gasteiger partial charge in [0, 0.05) is 6.54 Å².